The molecule has 0 aromatic heterocycles. The summed E-state index contributed by atoms with van der Waals surface area (Å²) in [6.45, 7) is -0.875. The van der Waals surface area contributed by atoms with Crippen molar-refractivity contribution in [2.75, 3.05) is 20.3 Å². The number of carboxylic acids is 1. The van der Waals surface area contributed by atoms with Gasteiger partial charge in [0.25, 0.3) is 5.91 Å². The smallest absolute Gasteiger partial charge is 0.277 e. The van der Waals surface area contributed by atoms with Crippen molar-refractivity contribution in [1.29, 1.82) is 0 Å². The van der Waals surface area contributed by atoms with Crippen molar-refractivity contribution in [3.8, 4) is 17.2 Å². The average molecular weight is 515 g/mol. The molecule has 0 unspecified atom stereocenters. The van der Waals surface area contributed by atoms with Gasteiger partial charge in [-0.2, -0.15) is 5.10 Å². The van der Waals surface area contributed by atoms with Crippen LogP contribution < -0.4 is 24.7 Å². The normalized spacial score (nSPS) is 10.5. The van der Waals surface area contributed by atoms with E-state index in [2.05, 4.69) is 42.4 Å². The summed E-state index contributed by atoms with van der Waals surface area (Å²) in [7, 11) is 1.50. The van der Waals surface area contributed by atoms with Crippen LogP contribution in [0.2, 0.25) is 0 Å². The van der Waals surface area contributed by atoms with Crippen LogP contribution in [0.5, 0.6) is 17.2 Å². The highest BCUT2D eigenvalue weighted by atomic mass is 79.9. The fourth-order valence-corrected chi connectivity index (χ4v) is 2.72. The molecule has 0 aliphatic rings. The fourth-order valence-electron chi connectivity index (χ4n) is 2.00. The van der Waals surface area contributed by atoms with Crippen molar-refractivity contribution in [3.05, 3.63) is 50.9 Å². The second-order valence-electron chi connectivity index (χ2n) is 5.22. The second kappa shape index (κ2) is 10.7. The number of aliphatic carboxylic acids is 1. The molecule has 0 radical (unpaired) electrons. The lowest BCUT2D eigenvalue weighted by Gasteiger charge is -2.10. The summed E-state index contributed by atoms with van der Waals surface area (Å²) in [5.74, 6) is -0.668. The molecule has 0 bridgehead atoms. The number of halogens is 2. The predicted molar refractivity (Wildman–Crippen MR) is 107 cm³/mol. The number of hydrazone groups is 1. The molecule has 0 saturated carbocycles. The van der Waals surface area contributed by atoms with E-state index in [4.69, 9.17) is 14.2 Å². The monoisotopic (exact) mass is 513 g/mol. The number of carboxylic acid groups (broad SMARTS) is 1. The second-order valence-corrected chi connectivity index (χ2v) is 7.05. The minimum atomic E-state index is -1.35. The molecule has 2 rings (SSSR count). The first kappa shape index (κ1) is 21.7. The van der Waals surface area contributed by atoms with Crippen LogP contribution in [0.4, 0.5) is 0 Å². The van der Waals surface area contributed by atoms with E-state index in [-0.39, 0.29) is 12.4 Å². The van der Waals surface area contributed by atoms with Gasteiger partial charge in [-0.05, 0) is 36.4 Å². The Morgan fingerprint density at radius 2 is 1.68 bits per heavy atom. The molecule has 0 atom stereocenters. The Morgan fingerprint density at radius 3 is 2.36 bits per heavy atom. The summed E-state index contributed by atoms with van der Waals surface area (Å²) in [4.78, 5) is 22.5. The number of benzene rings is 2. The highest BCUT2D eigenvalue weighted by Gasteiger charge is 2.08. The molecule has 28 heavy (non-hydrogen) atoms. The Hall–Kier alpha value is -2.59. The molecule has 0 spiro atoms. The number of hydrogen-bond donors (Lipinski definition) is 1. The summed E-state index contributed by atoms with van der Waals surface area (Å²) in [6.07, 6.45) is 1.33. The molecule has 10 heteroatoms. The van der Waals surface area contributed by atoms with Gasteiger partial charge in [0.2, 0.25) is 0 Å². The van der Waals surface area contributed by atoms with Crippen LogP contribution in [-0.4, -0.2) is 38.4 Å². The first-order valence-electron chi connectivity index (χ1n) is 7.79. The molecular formula is C18H15Br2N2O6-. The quantitative estimate of drug-likeness (QED) is 0.404. The Bertz CT molecular complexity index is 888. The topological polar surface area (TPSA) is 109 Å². The maximum absolute atomic E-state index is 11.9. The van der Waals surface area contributed by atoms with Crippen LogP contribution in [0.1, 0.15) is 5.56 Å². The highest BCUT2D eigenvalue weighted by molar-refractivity contribution is 9.10. The molecule has 0 fully saturated rings. The van der Waals surface area contributed by atoms with Crippen LogP contribution in [0.15, 0.2) is 50.4 Å². The third-order valence-electron chi connectivity index (χ3n) is 3.19. The third kappa shape index (κ3) is 6.86. The zero-order chi connectivity index (χ0) is 20.5. The van der Waals surface area contributed by atoms with Crippen molar-refractivity contribution in [3.63, 3.8) is 0 Å². The van der Waals surface area contributed by atoms with E-state index in [0.717, 1.165) is 8.95 Å². The number of rotatable bonds is 9. The lowest BCUT2D eigenvalue weighted by molar-refractivity contribution is -0.307. The fraction of sp³-hybridized carbons (Fsp3) is 0.167. The molecule has 0 aliphatic carbocycles. The number of carbonyl (C=O) groups excluding carboxylic acids is 2. The van der Waals surface area contributed by atoms with Gasteiger partial charge in [-0.3, -0.25) is 4.79 Å². The molecule has 2 aromatic rings. The SMILES string of the molecule is COc1cc(Br)ccc1OCC(=O)NN=Cc1cc(Br)ccc1OCC(=O)[O-]. The number of amides is 1. The summed E-state index contributed by atoms with van der Waals surface area (Å²) < 4.78 is 17.3. The Morgan fingerprint density at radius 1 is 1.04 bits per heavy atom. The van der Waals surface area contributed by atoms with E-state index in [1.54, 1.807) is 36.4 Å². The van der Waals surface area contributed by atoms with Crippen LogP contribution >= 0.6 is 31.9 Å². The van der Waals surface area contributed by atoms with E-state index in [9.17, 15) is 14.7 Å². The van der Waals surface area contributed by atoms with Gasteiger partial charge >= 0.3 is 0 Å². The van der Waals surface area contributed by atoms with Crippen molar-refractivity contribution in [2.45, 2.75) is 0 Å². The maximum Gasteiger partial charge on any atom is 0.277 e. The first-order valence-corrected chi connectivity index (χ1v) is 9.38. The number of nitrogens with one attached hydrogen (secondary N) is 1. The standard InChI is InChI=1S/C18H16Br2N2O6/c1-26-16-7-13(20)3-5-15(16)27-9-17(23)22-21-8-11-6-12(19)2-4-14(11)28-10-18(24)25/h2-8H,9-10H2,1H3,(H,22,23)(H,24,25)/p-1. The van der Waals surface area contributed by atoms with Crippen molar-refractivity contribution in [1.82, 2.24) is 5.43 Å². The lowest BCUT2D eigenvalue weighted by atomic mass is 10.2. The van der Waals surface area contributed by atoms with E-state index >= 15 is 0 Å². The van der Waals surface area contributed by atoms with Crippen molar-refractivity contribution in [2.24, 2.45) is 5.10 Å². The van der Waals surface area contributed by atoms with Crippen LogP contribution in [-0.2, 0) is 9.59 Å². The molecule has 8 nitrogen and oxygen atoms in total. The van der Waals surface area contributed by atoms with E-state index in [0.29, 0.717) is 17.1 Å². The van der Waals surface area contributed by atoms with Gasteiger partial charge < -0.3 is 24.1 Å². The molecule has 1 N–H and O–H groups in total. The zero-order valence-electron chi connectivity index (χ0n) is 14.6. The number of carbonyl (C=O) groups is 2. The Kier molecular flexibility index (Phi) is 8.27. The van der Waals surface area contributed by atoms with Crippen molar-refractivity contribution >= 4 is 50.0 Å². The van der Waals surface area contributed by atoms with E-state index in [1.165, 1.54) is 13.3 Å². The molecule has 0 heterocycles. The largest absolute Gasteiger partial charge is 0.546 e. The Balaban J connectivity index is 1.94. The van der Waals surface area contributed by atoms with Gasteiger partial charge in [0.15, 0.2) is 18.1 Å². The molecule has 0 aliphatic heterocycles. The average Bonchev–Trinajstić information content (AvgIpc) is 2.66. The first-order chi connectivity index (χ1) is 13.4. The molecule has 2 aromatic carbocycles. The lowest BCUT2D eigenvalue weighted by Crippen LogP contribution is -2.29. The number of hydrogen-bond acceptors (Lipinski definition) is 7. The zero-order valence-corrected chi connectivity index (χ0v) is 17.8. The number of ether oxygens (including phenoxy) is 3. The van der Waals surface area contributed by atoms with Gasteiger partial charge in [0.1, 0.15) is 12.4 Å². The van der Waals surface area contributed by atoms with Gasteiger partial charge in [-0.15, -0.1) is 0 Å². The van der Waals surface area contributed by atoms with Crippen LogP contribution in [0, 0.1) is 0 Å². The minimum absolute atomic E-state index is 0.276. The molecule has 1 amide bonds. The van der Waals surface area contributed by atoms with Gasteiger partial charge in [-0.1, -0.05) is 31.9 Å². The van der Waals surface area contributed by atoms with E-state index in [1.807, 2.05) is 0 Å². The summed E-state index contributed by atoms with van der Waals surface area (Å²) in [5.41, 5.74) is 2.78. The summed E-state index contributed by atoms with van der Waals surface area (Å²) in [6, 6.07) is 10.0. The Labute approximate surface area is 177 Å². The van der Waals surface area contributed by atoms with Crippen LogP contribution in [0.3, 0.4) is 0 Å². The minimum Gasteiger partial charge on any atom is -0.546 e. The van der Waals surface area contributed by atoms with Crippen molar-refractivity contribution < 1.29 is 28.9 Å². The molecule has 0 saturated heterocycles. The number of nitrogens with zero attached hydrogens (tertiary/aromatic N) is 1. The molecular weight excluding hydrogens is 500 g/mol. The molecule has 148 valence electrons. The summed E-state index contributed by atoms with van der Waals surface area (Å²) in [5, 5.41) is 14.4. The van der Waals surface area contributed by atoms with Gasteiger partial charge in [0.05, 0.1) is 19.3 Å². The summed E-state index contributed by atoms with van der Waals surface area (Å²) >= 11 is 6.62. The van der Waals surface area contributed by atoms with Gasteiger partial charge in [0, 0.05) is 14.5 Å². The maximum atomic E-state index is 11.9. The van der Waals surface area contributed by atoms with E-state index < -0.39 is 18.5 Å². The van der Waals surface area contributed by atoms with Gasteiger partial charge in [-0.25, -0.2) is 5.43 Å². The third-order valence-corrected chi connectivity index (χ3v) is 4.18. The highest BCUT2D eigenvalue weighted by Crippen LogP contribution is 2.30. The number of methoxy groups -OCH3 is 1. The van der Waals surface area contributed by atoms with Crippen LogP contribution in [0.25, 0.3) is 0 Å². The predicted octanol–water partition coefficient (Wildman–Crippen LogP) is 1.88.